The lowest BCUT2D eigenvalue weighted by Gasteiger charge is -2.08. The van der Waals surface area contributed by atoms with Gasteiger partial charge in [-0.1, -0.05) is 5.04 Å². The average molecular weight is 294 g/mol. The van der Waals surface area contributed by atoms with Gasteiger partial charge in [-0.3, -0.25) is 0 Å². The number of ether oxygens (including phenoxy) is 1. The summed E-state index contributed by atoms with van der Waals surface area (Å²) in [7, 11) is -1.85. The normalized spacial score (nSPS) is 11.5. The fourth-order valence-corrected chi connectivity index (χ4v) is 3.49. The summed E-state index contributed by atoms with van der Waals surface area (Å²) >= 11 is 0.711. The summed E-state index contributed by atoms with van der Waals surface area (Å²) in [6, 6.07) is 4.67. The Labute approximate surface area is 110 Å². The molecule has 102 valence electrons. The Kier molecular flexibility index (Phi) is 5.89. The first-order chi connectivity index (χ1) is 8.51. The molecule has 18 heavy (non-hydrogen) atoms. The van der Waals surface area contributed by atoms with Crippen LogP contribution in [0.4, 0.5) is 0 Å². The van der Waals surface area contributed by atoms with E-state index in [1.165, 1.54) is 13.2 Å². The Balaban J connectivity index is 2.76. The third-order valence-electron chi connectivity index (χ3n) is 2.24. The summed E-state index contributed by atoms with van der Waals surface area (Å²) in [5.74, 6) is 0.668. The molecule has 0 saturated carbocycles. The Morgan fingerprint density at radius 3 is 2.67 bits per heavy atom. The van der Waals surface area contributed by atoms with E-state index in [1.54, 1.807) is 19.1 Å². The van der Waals surface area contributed by atoms with Crippen LogP contribution in [0, 0.1) is 6.92 Å². The minimum absolute atomic E-state index is 0.118. The van der Waals surface area contributed by atoms with E-state index in [1.807, 2.05) is 0 Å². The number of hydrogen-bond donors (Lipinski definition) is 1. The van der Waals surface area contributed by atoms with E-state index in [0.717, 1.165) is 5.56 Å². The summed E-state index contributed by atoms with van der Waals surface area (Å²) in [4.78, 5) is 0.228. The molecule has 0 atom stereocenters. The van der Waals surface area contributed by atoms with Crippen molar-refractivity contribution in [1.29, 1.82) is 0 Å². The Bertz CT molecular complexity index is 485. The summed E-state index contributed by atoms with van der Waals surface area (Å²) in [6.07, 6.45) is 0. The average Bonchev–Trinajstić information content (AvgIpc) is 2.34. The number of hydrogen-bond acceptors (Lipinski definition) is 7. The van der Waals surface area contributed by atoms with Gasteiger partial charge in [0.05, 0.1) is 17.8 Å². The van der Waals surface area contributed by atoms with Crippen molar-refractivity contribution in [3.05, 3.63) is 23.8 Å². The number of benzene rings is 1. The van der Waals surface area contributed by atoms with Crippen molar-refractivity contribution in [3.63, 3.8) is 0 Å². The van der Waals surface area contributed by atoms with E-state index in [9.17, 15) is 8.42 Å². The van der Waals surface area contributed by atoms with E-state index >= 15 is 0 Å². The highest BCUT2D eigenvalue weighted by molar-refractivity contribution is 7.97. The van der Waals surface area contributed by atoms with Gasteiger partial charge in [-0.05, 0) is 30.7 Å². The Hall–Kier alpha value is -0.800. The largest absolute Gasteiger partial charge is 0.496 e. The van der Waals surface area contributed by atoms with Crippen molar-refractivity contribution in [3.8, 4) is 5.75 Å². The summed E-state index contributed by atoms with van der Waals surface area (Å²) in [5.41, 5.74) is 0.751. The fraction of sp³-hybridized carbons (Fsp3) is 0.400. The molecular weight excluding hydrogens is 280 g/mol. The molecule has 0 amide bonds. The lowest BCUT2D eigenvalue weighted by molar-refractivity contribution is -0.432. The van der Waals surface area contributed by atoms with Gasteiger partial charge in [0.2, 0.25) is 0 Å². The molecule has 1 aromatic rings. The highest BCUT2D eigenvalue weighted by atomic mass is 32.2. The molecule has 0 radical (unpaired) electrons. The molecule has 0 aliphatic carbocycles. The molecule has 0 bridgehead atoms. The topological polar surface area (TPSA) is 82.1 Å². The van der Waals surface area contributed by atoms with Crippen LogP contribution in [0.2, 0.25) is 0 Å². The van der Waals surface area contributed by atoms with Crippen LogP contribution in [0.15, 0.2) is 23.1 Å². The van der Waals surface area contributed by atoms with Crippen LogP contribution in [0.3, 0.4) is 0 Å². The van der Waals surface area contributed by atoms with Crippen molar-refractivity contribution >= 4 is 21.9 Å². The van der Waals surface area contributed by atoms with Crippen molar-refractivity contribution in [2.45, 2.75) is 11.8 Å². The van der Waals surface area contributed by atoms with Crippen LogP contribution in [0.1, 0.15) is 5.56 Å². The predicted octanol–water partition coefficient (Wildman–Crippen LogP) is 1.85. The van der Waals surface area contributed by atoms with Crippen molar-refractivity contribution < 1.29 is 27.8 Å². The van der Waals surface area contributed by atoms with Crippen LogP contribution in [0.5, 0.6) is 5.75 Å². The first-order valence-electron chi connectivity index (χ1n) is 4.98. The van der Waals surface area contributed by atoms with E-state index in [4.69, 9.17) is 9.99 Å². The van der Waals surface area contributed by atoms with Crippen LogP contribution >= 0.6 is 12.0 Å². The molecule has 0 fully saturated rings. The third kappa shape index (κ3) is 4.14. The van der Waals surface area contributed by atoms with E-state index in [-0.39, 0.29) is 16.4 Å². The Morgan fingerprint density at radius 1 is 1.39 bits per heavy atom. The van der Waals surface area contributed by atoms with Gasteiger partial charge < -0.3 is 4.74 Å². The molecule has 8 heteroatoms. The molecule has 0 aromatic heterocycles. The highest BCUT2D eigenvalue weighted by Gasteiger charge is 2.15. The highest BCUT2D eigenvalue weighted by Crippen LogP contribution is 2.22. The first-order valence-corrected chi connectivity index (χ1v) is 7.54. The fourth-order valence-electron chi connectivity index (χ4n) is 1.36. The zero-order chi connectivity index (χ0) is 13.6. The smallest absolute Gasteiger partial charge is 0.179 e. The Morgan fingerprint density at radius 2 is 2.11 bits per heavy atom. The SMILES string of the molecule is COc1ccc(S(=O)(=O)CCSOOO)cc1C. The van der Waals surface area contributed by atoms with Gasteiger partial charge in [-0.2, -0.15) is 0 Å². The van der Waals surface area contributed by atoms with Crippen LogP contribution in [0.25, 0.3) is 0 Å². The molecule has 1 N–H and O–H groups in total. The molecule has 6 nitrogen and oxygen atoms in total. The van der Waals surface area contributed by atoms with Crippen molar-refractivity contribution in [2.75, 3.05) is 18.6 Å². The lowest BCUT2D eigenvalue weighted by Crippen LogP contribution is -2.09. The number of sulfone groups is 1. The zero-order valence-corrected chi connectivity index (χ0v) is 11.6. The monoisotopic (exact) mass is 294 g/mol. The molecule has 0 aliphatic heterocycles. The molecule has 0 spiro atoms. The van der Waals surface area contributed by atoms with Crippen LogP contribution in [-0.2, 0) is 19.2 Å². The molecule has 1 rings (SSSR count). The molecular formula is C10H14O6S2. The van der Waals surface area contributed by atoms with Gasteiger partial charge in [0.15, 0.2) is 9.84 Å². The van der Waals surface area contributed by atoms with Gasteiger partial charge in [0.25, 0.3) is 0 Å². The minimum atomic E-state index is -3.38. The van der Waals surface area contributed by atoms with Gasteiger partial charge in [-0.15, -0.1) is 4.33 Å². The van der Waals surface area contributed by atoms with Gasteiger partial charge in [0, 0.05) is 17.8 Å². The van der Waals surface area contributed by atoms with Crippen LogP contribution in [-0.4, -0.2) is 32.3 Å². The second-order valence-electron chi connectivity index (χ2n) is 3.41. The molecule has 0 heterocycles. The maximum Gasteiger partial charge on any atom is 0.179 e. The second-order valence-corrected chi connectivity index (χ2v) is 6.30. The van der Waals surface area contributed by atoms with Gasteiger partial charge >= 0.3 is 0 Å². The molecule has 0 aliphatic rings. The zero-order valence-electron chi connectivity index (χ0n) is 9.95. The van der Waals surface area contributed by atoms with E-state index in [0.29, 0.717) is 17.8 Å². The summed E-state index contributed by atoms with van der Waals surface area (Å²) < 4.78 is 33.0. The molecule has 0 unspecified atom stereocenters. The van der Waals surface area contributed by atoms with Gasteiger partial charge in [0.1, 0.15) is 5.75 Å². The number of aryl methyl sites for hydroxylation is 1. The van der Waals surface area contributed by atoms with E-state index in [2.05, 4.69) is 9.37 Å². The summed E-state index contributed by atoms with van der Waals surface area (Å²) in [5, 5.41) is 11.3. The lowest BCUT2D eigenvalue weighted by atomic mass is 10.2. The minimum Gasteiger partial charge on any atom is -0.496 e. The quantitative estimate of drug-likeness (QED) is 0.355. The van der Waals surface area contributed by atoms with Crippen LogP contribution < -0.4 is 4.74 Å². The predicted molar refractivity (Wildman–Crippen MR) is 67.0 cm³/mol. The maximum absolute atomic E-state index is 11.9. The summed E-state index contributed by atoms with van der Waals surface area (Å²) in [6.45, 7) is 1.77. The van der Waals surface area contributed by atoms with Gasteiger partial charge in [-0.25, -0.2) is 13.7 Å². The van der Waals surface area contributed by atoms with E-state index < -0.39 is 9.84 Å². The van der Waals surface area contributed by atoms with Crippen molar-refractivity contribution in [1.82, 2.24) is 0 Å². The standard InChI is InChI=1S/C10H14O6S2/c1-8-7-9(3-4-10(8)14-2)18(12,13)6-5-17-16-15-11/h3-4,7,11H,5-6H2,1-2H3. The second kappa shape index (κ2) is 6.95. The molecule has 1 aromatic carbocycles. The maximum atomic E-state index is 11.9. The van der Waals surface area contributed by atoms with Crippen molar-refractivity contribution in [2.24, 2.45) is 0 Å². The third-order valence-corrected chi connectivity index (χ3v) is 4.74. The molecule has 0 saturated heterocycles. The number of rotatable bonds is 7. The first kappa shape index (κ1) is 15.3. The number of methoxy groups -OCH3 is 1.